The van der Waals surface area contributed by atoms with E-state index in [0.29, 0.717) is 39.0 Å². The second kappa shape index (κ2) is 12.8. The zero-order valence-corrected chi connectivity index (χ0v) is 23.6. The van der Waals surface area contributed by atoms with Crippen molar-refractivity contribution in [1.29, 1.82) is 0 Å². The van der Waals surface area contributed by atoms with E-state index in [1.165, 1.54) is 12.7 Å². The predicted octanol–water partition coefficient (Wildman–Crippen LogP) is 6.21. The number of hydrogen-bond acceptors (Lipinski definition) is 6. The highest BCUT2D eigenvalue weighted by atomic mass is 35.5. The van der Waals surface area contributed by atoms with Crippen LogP contribution in [0.4, 0.5) is 0 Å². The molecule has 0 saturated carbocycles. The maximum absolute atomic E-state index is 13.4. The first-order valence-electron chi connectivity index (χ1n) is 13.0. The molecule has 202 valence electrons. The summed E-state index contributed by atoms with van der Waals surface area (Å²) in [6.07, 6.45) is 2.99. The fourth-order valence-corrected chi connectivity index (χ4v) is 5.86. The molecule has 0 aromatic heterocycles. The van der Waals surface area contributed by atoms with Gasteiger partial charge in [-0.05, 0) is 69.3 Å². The van der Waals surface area contributed by atoms with Crippen molar-refractivity contribution in [3.63, 3.8) is 0 Å². The lowest BCUT2D eigenvalue weighted by atomic mass is 9.80. The van der Waals surface area contributed by atoms with Crippen molar-refractivity contribution in [1.82, 2.24) is 10.2 Å². The van der Waals surface area contributed by atoms with Crippen LogP contribution >= 0.6 is 23.2 Å². The third kappa shape index (κ3) is 6.25. The summed E-state index contributed by atoms with van der Waals surface area (Å²) in [5.74, 6) is -1.20. The quantitative estimate of drug-likeness (QED) is 0.307. The summed E-state index contributed by atoms with van der Waals surface area (Å²) in [6, 6.07) is 15.9. The highest BCUT2D eigenvalue weighted by Gasteiger charge is 2.39. The Balaban J connectivity index is 1.40. The Morgan fingerprint density at radius 1 is 0.947 bits per heavy atom. The average Bonchev–Trinajstić information content (AvgIpc) is 2.92. The van der Waals surface area contributed by atoms with Crippen molar-refractivity contribution < 1.29 is 19.1 Å². The number of hydrogen-bond donors (Lipinski definition) is 1. The van der Waals surface area contributed by atoms with E-state index < -0.39 is 17.9 Å². The molecule has 0 bridgehead atoms. The average molecular weight is 558 g/mol. The smallest absolute Gasteiger partial charge is 0.336 e. The number of piperidine rings is 1. The summed E-state index contributed by atoms with van der Waals surface area (Å²) in [4.78, 5) is 28.6. The van der Waals surface area contributed by atoms with Gasteiger partial charge in [0.1, 0.15) is 0 Å². The first kappa shape index (κ1) is 28.2. The van der Waals surface area contributed by atoms with Crippen molar-refractivity contribution in [3.8, 4) is 0 Å². The fourth-order valence-electron chi connectivity index (χ4n) is 5.45. The normalized spacial score (nSPS) is 18.8. The van der Waals surface area contributed by atoms with Crippen LogP contribution in [0.2, 0.25) is 10.0 Å². The van der Waals surface area contributed by atoms with Gasteiger partial charge in [0, 0.05) is 17.9 Å². The molecule has 38 heavy (non-hydrogen) atoms. The van der Waals surface area contributed by atoms with Crippen molar-refractivity contribution >= 4 is 35.1 Å². The lowest BCUT2D eigenvalue weighted by Gasteiger charge is -2.32. The van der Waals surface area contributed by atoms with Crippen molar-refractivity contribution in [3.05, 3.63) is 92.2 Å². The molecule has 1 atom stereocenters. The number of nitrogens with one attached hydrogen (secondary N) is 1. The zero-order chi connectivity index (χ0) is 27.2. The molecular formula is C30H34Cl2N2O4. The van der Waals surface area contributed by atoms with E-state index >= 15 is 0 Å². The number of carbonyl (C=O) groups is 2. The summed E-state index contributed by atoms with van der Waals surface area (Å²) >= 11 is 12.9. The molecule has 1 saturated heterocycles. The number of methoxy groups -OCH3 is 1. The van der Waals surface area contributed by atoms with Crippen LogP contribution in [0.5, 0.6) is 0 Å². The van der Waals surface area contributed by atoms with Gasteiger partial charge in [-0.2, -0.15) is 0 Å². The molecule has 2 aromatic carbocycles. The maximum atomic E-state index is 13.4. The predicted molar refractivity (Wildman–Crippen MR) is 150 cm³/mol. The number of carbonyl (C=O) groups excluding carboxylic acids is 2. The number of benzene rings is 2. The van der Waals surface area contributed by atoms with Crippen LogP contribution < -0.4 is 5.32 Å². The minimum atomic E-state index is -0.764. The van der Waals surface area contributed by atoms with Crippen LogP contribution in [-0.4, -0.2) is 50.2 Å². The van der Waals surface area contributed by atoms with Crippen LogP contribution in [0.15, 0.2) is 71.1 Å². The topological polar surface area (TPSA) is 67.9 Å². The molecule has 0 radical (unpaired) electrons. The van der Waals surface area contributed by atoms with E-state index in [1.807, 2.05) is 0 Å². The molecule has 1 fully saturated rings. The van der Waals surface area contributed by atoms with Crippen LogP contribution in [0.25, 0.3) is 0 Å². The molecule has 8 heteroatoms. The largest absolute Gasteiger partial charge is 0.466 e. The van der Waals surface area contributed by atoms with Crippen LogP contribution in [0.3, 0.4) is 0 Å². The summed E-state index contributed by atoms with van der Waals surface area (Å²) < 4.78 is 10.8. The number of likely N-dealkylation sites (tertiary alicyclic amines) is 1. The molecule has 2 aliphatic rings. The second-order valence-corrected chi connectivity index (χ2v) is 10.6. The van der Waals surface area contributed by atoms with E-state index in [-0.39, 0.29) is 11.6 Å². The standard InChI is InChI=1S/C30H34Cl2N2O4/c1-19-25(29(35)37-3)27(23-11-7-12-24(31)28(23)32)26(20(2)33-19)30(36)38-18-8-15-34-16-13-22(14-17-34)21-9-5-4-6-10-21/h4-7,9-12,22,27,33H,8,13-18H2,1-3H3. The molecule has 1 N–H and O–H groups in total. The van der Waals surface area contributed by atoms with Crippen molar-refractivity contribution in [2.24, 2.45) is 0 Å². The summed E-state index contributed by atoms with van der Waals surface area (Å²) in [5.41, 5.74) is 3.78. The summed E-state index contributed by atoms with van der Waals surface area (Å²) in [7, 11) is 1.31. The Kier molecular flexibility index (Phi) is 9.53. The molecule has 1 unspecified atom stereocenters. The highest BCUT2D eigenvalue weighted by Crippen LogP contribution is 2.43. The van der Waals surface area contributed by atoms with Crippen LogP contribution in [0.1, 0.15) is 56.1 Å². The zero-order valence-electron chi connectivity index (χ0n) is 22.1. The van der Waals surface area contributed by atoms with Gasteiger partial charge in [-0.3, -0.25) is 0 Å². The van der Waals surface area contributed by atoms with Gasteiger partial charge in [0.25, 0.3) is 0 Å². The summed E-state index contributed by atoms with van der Waals surface area (Å²) in [5, 5.41) is 3.77. The van der Waals surface area contributed by atoms with Gasteiger partial charge in [0.15, 0.2) is 0 Å². The van der Waals surface area contributed by atoms with E-state index in [0.717, 1.165) is 38.9 Å². The van der Waals surface area contributed by atoms with Gasteiger partial charge in [-0.1, -0.05) is 65.7 Å². The summed E-state index contributed by atoms with van der Waals surface area (Å²) in [6.45, 7) is 6.76. The molecule has 4 rings (SSSR count). The van der Waals surface area contributed by atoms with E-state index in [4.69, 9.17) is 32.7 Å². The lowest BCUT2D eigenvalue weighted by molar-refractivity contribution is -0.139. The Bertz CT molecular complexity index is 1230. The number of halogens is 2. The van der Waals surface area contributed by atoms with Gasteiger partial charge in [-0.15, -0.1) is 0 Å². The highest BCUT2D eigenvalue weighted by molar-refractivity contribution is 6.42. The van der Waals surface area contributed by atoms with Gasteiger partial charge in [0.2, 0.25) is 0 Å². The van der Waals surface area contributed by atoms with Gasteiger partial charge in [0.05, 0.1) is 40.8 Å². The van der Waals surface area contributed by atoms with Gasteiger partial charge >= 0.3 is 11.9 Å². The molecule has 0 aliphatic carbocycles. The first-order valence-corrected chi connectivity index (χ1v) is 13.7. The molecule has 2 aliphatic heterocycles. The second-order valence-electron chi connectivity index (χ2n) is 9.79. The molecular weight excluding hydrogens is 523 g/mol. The first-order chi connectivity index (χ1) is 18.3. The third-order valence-corrected chi connectivity index (χ3v) is 8.22. The number of ether oxygens (including phenoxy) is 2. The van der Waals surface area contributed by atoms with Crippen molar-refractivity contribution in [2.75, 3.05) is 33.4 Å². The lowest BCUT2D eigenvalue weighted by Crippen LogP contribution is -2.34. The number of esters is 2. The van der Waals surface area contributed by atoms with Crippen molar-refractivity contribution in [2.45, 2.75) is 44.9 Å². The Morgan fingerprint density at radius 2 is 1.61 bits per heavy atom. The third-order valence-electron chi connectivity index (χ3n) is 7.39. The number of rotatable bonds is 8. The number of dihydropyridines is 1. The Hall–Kier alpha value is -2.80. The van der Waals surface area contributed by atoms with E-state index in [2.05, 4.69) is 40.5 Å². The Labute approximate surface area is 234 Å². The maximum Gasteiger partial charge on any atom is 0.336 e. The monoisotopic (exact) mass is 556 g/mol. The Morgan fingerprint density at radius 3 is 2.26 bits per heavy atom. The molecule has 2 aromatic rings. The minimum Gasteiger partial charge on any atom is -0.466 e. The number of allylic oxidation sites excluding steroid dienone is 2. The minimum absolute atomic E-state index is 0.278. The van der Waals surface area contributed by atoms with Gasteiger partial charge in [-0.25, -0.2) is 9.59 Å². The van der Waals surface area contributed by atoms with Gasteiger partial charge < -0.3 is 19.7 Å². The fraction of sp³-hybridized carbons (Fsp3) is 0.400. The molecule has 0 amide bonds. The molecule has 2 heterocycles. The number of nitrogens with zero attached hydrogens (tertiary/aromatic N) is 1. The van der Waals surface area contributed by atoms with E-state index in [9.17, 15) is 9.59 Å². The van der Waals surface area contributed by atoms with Crippen LogP contribution in [-0.2, 0) is 19.1 Å². The van der Waals surface area contributed by atoms with E-state index in [1.54, 1.807) is 32.0 Å². The molecule has 0 spiro atoms. The molecule has 6 nitrogen and oxygen atoms in total. The van der Waals surface area contributed by atoms with Crippen LogP contribution in [0, 0.1) is 0 Å². The SMILES string of the molecule is COC(=O)C1=C(C)NC(C)=C(C(=O)OCCCN2CCC(c3ccccc3)CC2)C1c1cccc(Cl)c1Cl.